The van der Waals surface area contributed by atoms with Crippen LogP contribution in [0.2, 0.25) is 0 Å². The van der Waals surface area contributed by atoms with E-state index in [0.29, 0.717) is 0 Å². The van der Waals surface area contributed by atoms with Gasteiger partial charge in [0.25, 0.3) is 0 Å². The van der Waals surface area contributed by atoms with E-state index in [4.69, 9.17) is 0 Å². The van der Waals surface area contributed by atoms with Crippen molar-refractivity contribution in [1.82, 2.24) is 10.6 Å². The van der Waals surface area contributed by atoms with Gasteiger partial charge in [0.05, 0.1) is 6.17 Å². The molecule has 1 rings (SSSR count). The topological polar surface area (TPSA) is 24.1 Å². The molecule has 2 heteroatoms. The molecule has 0 bridgehead atoms. The van der Waals surface area contributed by atoms with Crippen molar-refractivity contribution < 1.29 is 0 Å². The molecule has 0 aromatic rings. The van der Waals surface area contributed by atoms with E-state index in [2.05, 4.69) is 17.2 Å². The highest BCUT2D eigenvalue weighted by molar-refractivity contribution is 4.96. The lowest BCUT2D eigenvalue weighted by Gasteiger charge is -2.17. The summed E-state index contributed by atoms with van der Waals surface area (Å²) in [7, 11) is 0. The van der Waals surface area contributed by atoms with Gasteiger partial charge in [0.1, 0.15) is 0 Å². The molecule has 0 aromatic heterocycles. The van der Waals surface area contributed by atoms with Gasteiger partial charge in [0.15, 0.2) is 0 Å². The molecule has 44 valence electrons. The van der Waals surface area contributed by atoms with Gasteiger partial charge in [0.2, 0.25) is 0 Å². The first-order valence-corrected chi connectivity index (χ1v) is 2.70. The first kappa shape index (κ1) is 5.38. The molecule has 0 amide bonds. The molecule has 1 atom stereocenters. The SMILES string of the molecule is C=CC1NC=CCN1. The lowest BCUT2D eigenvalue weighted by atomic mass is 10.4. The maximum atomic E-state index is 3.63. The van der Waals surface area contributed by atoms with Crippen LogP contribution in [0.3, 0.4) is 0 Å². The van der Waals surface area contributed by atoms with Crippen LogP contribution in [0.5, 0.6) is 0 Å². The van der Waals surface area contributed by atoms with Crippen molar-refractivity contribution in [3.05, 3.63) is 24.9 Å². The van der Waals surface area contributed by atoms with Crippen molar-refractivity contribution >= 4 is 0 Å². The fraction of sp³-hybridized carbons (Fsp3) is 0.333. The molecular formula is C6H10N2. The summed E-state index contributed by atoms with van der Waals surface area (Å²) in [4.78, 5) is 0. The Morgan fingerprint density at radius 3 is 3.00 bits per heavy atom. The summed E-state index contributed by atoms with van der Waals surface area (Å²) in [5.74, 6) is 0. The molecule has 8 heavy (non-hydrogen) atoms. The van der Waals surface area contributed by atoms with Gasteiger partial charge >= 0.3 is 0 Å². The lowest BCUT2D eigenvalue weighted by molar-refractivity contribution is 0.562. The van der Waals surface area contributed by atoms with E-state index < -0.39 is 0 Å². The molecule has 0 fully saturated rings. The van der Waals surface area contributed by atoms with E-state index in [1.807, 2.05) is 18.4 Å². The highest BCUT2D eigenvalue weighted by Gasteiger charge is 1.98. The smallest absolute Gasteiger partial charge is 0.0956 e. The van der Waals surface area contributed by atoms with Gasteiger partial charge in [-0.3, -0.25) is 5.32 Å². The van der Waals surface area contributed by atoms with Crippen LogP contribution in [-0.4, -0.2) is 12.7 Å². The molecule has 0 radical (unpaired) electrons. The molecule has 1 aliphatic rings. The summed E-state index contributed by atoms with van der Waals surface area (Å²) in [6.45, 7) is 4.56. The zero-order valence-electron chi connectivity index (χ0n) is 4.72. The number of rotatable bonds is 1. The number of nitrogens with one attached hydrogen (secondary N) is 2. The minimum absolute atomic E-state index is 0.264. The number of hydrogen-bond acceptors (Lipinski definition) is 2. The van der Waals surface area contributed by atoms with Gasteiger partial charge in [-0.2, -0.15) is 0 Å². The van der Waals surface area contributed by atoms with Crippen LogP contribution in [0.15, 0.2) is 24.9 Å². The Balaban J connectivity index is 2.37. The molecule has 0 saturated carbocycles. The van der Waals surface area contributed by atoms with E-state index in [-0.39, 0.29) is 6.17 Å². The molecular weight excluding hydrogens is 100 g/mol. The van der Waals surface area contributed by atoms with Crippen LogP contribution in [0.25, 0.3) is 0 Å². The second-order valence-electron chi connectivity index (χ2n) is 1.69. The predicted octanol–water partition coefficient (Wildman–Crippen LogP) is 0.205. The summed E-state index contributed by atoms with van der Waals surface area (Å²) in [6, 6.07) is 0. The Kier molecular flexibility index (Phi) is 1.70. The van der Waals surface area contributed by atoms with Gasteiger partial charge in [-0.05, 0) is 6.20 Å². The minimum atomic E-state index is 0.264. The van der Waals surface area contributed by atoms with Crippen molar-refractivity contribution in [2.24, 2.45) is 0 Å². The Labute approximate surface area is 49.3 Å². The standard InChI is InChI=1S/C6H10N2/c1-2-6-7-4-3-5-8-6/h2-4,6-8H,1,5H2. The third-order valence-corrected chi connectivity index (χ3v) is 1.08. The van der Waals surface area contributed by atoms with Crippen LogP contribution in [0.4, 0.5) is 0 Å². The third-order valence-electron chi connectivity index (χ3n) is 1.08. The van der Waals surface area contributed by atoms with E-state index in [1.165, 1.54) is 0 Å². The second kappa shape index (κ2) is 2.52. The fourth-order valence-electron chi connectivity index (χ4n) is 0.636. The summed E-state index contributed by atoms with van der Waals surface area (Å²) in [5.41, 5.74) is 0. The molecule has 0 spiro atoms. The van der Waals surface area contributed by atoms with Gasteiger partial charge in [-0.15, -0.1) is 0 Å². The van der Waals surface area contributed by atoms with Crippen molar-refractivity contribution in [2.75, 3.05) is 6.54 Å². The second-order valence-corrected chi connectivity index (χ2v) is 1.69. The molecule has 0 aliphatic carbocycles. The Morgan fingerprint density at radius 1 is 1.75 bits per heavy atom. The fourth-order valence-corrected chi connectivity index (χ4v) is 0.636. The average Bonchev–Trinajstić information content (AvgIpc) is 1.90. The summed E-state index contributed by atoms with van der Waals surface area (Å²) in [5, 5.41) is 6.21. The molecule has 2 nitrogen and oxygen atoms in total. The van der Waals surface area contributed by atoms with Gasteiger partial charge in [-0.1, -0.05) is 18.7 Å². The zero-order chi connectivity index (χ0) is 5.82. The maximum Gasteiger partial charge on any atom is 0.0956 e. The summed E-state index contributed by atoms with van der Waals surface area (Å²) in [6.07, 6.45) is 6.06. The monoisotopic (exact) mass is 110 g/mol. The first-order chi connectivity index (χ1) is 3.93. The molecule has 2 N–H and O–H groups in total. The predicted molar refractivity (Wildman–Crippen MR) is 34.3 cm³/mol. The largest absolute Gasteiger partial charge is 0.373 e. The zero-order valence-corrected chi connectivity index (χ0v) is 4.72. The normalized spacial score (nSPS) is 26.8. The number of hydrogen-bond donors (Lipinski definition) is 2. The molecule has 1 unspecified atom stereocenters. The van der Waals surface area contributed by atoms with Crippen molar-refractivity contribution in [2.45, 2.75) is 6.17 Å². The van der Waals surface area contributed by atoms with Crippen LogP contribution in [-0.2, 0) is 0 Å². The lowest BCUT2D eigenvalue weighted by Crippen LogP contribution is -2.40. The Bertz CT molecular complexity index is 107. The quantitative estimate of drug-likeness (QED) is 0.471. The molecule has 0 aromatic carbocycles. The third kappa shape index (κ3) is 1.10. The highest BCUT2D eigenvalue weighted by Crippen LogP contribution is 1.84. The van der Waals surface area contributed by atoms with Crippen LogP contribution < -0.4 is 10.6 Å². The summed E-state index contributed by atoms with van der Waals surface area (Å²) >= 11 is 0. The Morgan fingerprint density at radius 2 is 2.62 bits per heavy atom. The first-order valence-electron chi connectivity index (χ1n) is 2.70. The van der Waals surface area contributed by atoms with Crippen molar-refractivity contribution in [3.8, 4) is 0 Å². The van der Waals surface area contributed by atoms with Crippen molar-refractivity contribution in [3.63, 3.8) is 0 Å². The van der Waals surface area contributed by atoms with E-state index >= 15 is 0 Å². The van der Waals surface area contributed by atoms with Gasteiger partial charge in [0, 0.05) is 6.54 Å². The molecule has 1 heterocycles. The highest BCUT2D eigenvalue weighted by atomic mass is 15.1. The average molecular weight is 110 g/mol. The van der Waals surface area contributed by atoms with Gasteiger partial charge in [-0.25, -0.2) is 0 Å². The van der Waals surface area contributed by atoms with Crippen LogP contribution in [0, 0.1) is 0 Å². The van der Waals surface area contributed by atoms with Gasteiger partial charge < -0.3 is 5.32 Å². The minimum Gasteiger partial charge on any atom is -0.373 e. The van der Waals surface area contributed by atoms with E-state index in [1.54, 1.807) is 0 Å². The molecule has 1 aliphatic heterocycles. The van der Waals surface area contributed by atoms with Crippen LogP contribution in [0.1, 0.15) is 0 Å². The van der Waals surface area contributed by atoms with E-state index in [9.17, 15) is 0 Å². The van der Waals surface area contributed by atoms with Crippen molar-refractivity contribution in [1.29, 1.82) is 0 Å². The summed E-state index contributed by atoms with van der Waals surface area (Å²) < 4.78 is 0. The van der Waals surface area contributed by atoms with Crippen LogP contribution >= 0.6 is 0 Å². The maximum absolute atomic E-state index is 3.63. The Hall–Kier alpha value is -0.760. The van der Waals surface area contributed by atoms with E-state index in [0.717, 1.165) is 6.54 Å². The molecule has 0 saturated heterocycles.